The van der Waals surface area contributed by atoms with Crippen molar-refractivity contribution in [1.82, 2.24) is 5.32 Å². The Morgan fingerprint density at radius 3 is 2.65 bits per heavy atom. The third-order valence-corrected chi connectivity index (χ3v) is 3.78. The molecule has 0 atom stereocenters. The van der Waals surface area contributed by atoms with Crippen LogP contribution in [0.25, 0.3) is 0 Å². The largest absolute Gasteiger partial charge is 0.349 e. The van der Waals surface area contributed by atoms with Crippen LogP contribution in [0.5, 0.6) is 0 Å². The van der Waals surface area contributed by atoms with Gasteiger partial charge >= 0.3 is 0 Å². The lowest BCUT2D eigenvalue weighted by Crippen LogP contribution is -2.25. The molecule has 0 bridgehead atoms. The number of carbonyl (C=O) groups is 1. The summed E-state index contributed by atoms with van der Waals surface area (Å²) in [7, 11) is 0. The van der Waals surface area contributed by atoms with E-state index in [1.807, 2.05) is 6.92 Å². The lowest BCUT2D eigenvalue weighted by molar-refractivity contribution is -0.116. The molecule has 1 aliphatic carbocycles. The van der Waals surface area contributed by atoms with E-state index in [4.69, 9.17) is 10.8 Å². The summed E-state index contributed by atoms with van der Waals surface area (Å²) < 4.78 is 0. The van der Waals surface area contributed by atoms with Gasteiger partial charge in [0.25, 0.3) is 5.91 Å². The zero-order valence-corrected chi connectivity index (χ0v) is 10.7. The minimum absolute atomic E-state index is 0.0901. The summed E-state index contributed by atoms with van der Waals surface area (Å²) in [6.07, 6.45) is 3.84. The van der Waals surface area contributed by atoms with Crippen LogP contribution in [0.1, 0.15) is 26.7 Å². The Hall–Kier alpha value is -1.36. The highest BCUT2D eigenvalue weighted by Crippen LogP contribution is 2.33. The number of allylic oxidation sites excluding steroid dienone is 2. The van der Waals surface area contributed by atoms with E-state index in [-0.39, 0.29) is 5.91 Å². The van der Waals surface area contributed by atoms with E-state index in [2.05, 4.69) is 5.32 Å². The summed E-state index contributed by atoms with van der Waals surface area (Å²) >= 11 is 1.18. The van der Waals surface area contributed by atoms with Crippen molar-refractivity contribution < 1.29 is 4.79 Å². The molecule has 0 saturated heterocycles. The molecule has 0 aromatic rings. The fourth-order valence-electron chi connectivity index (χ4n) is 1.47. The van der Waals surface area contributed by atoms with Gasteiger partial charge in [0, 0.05) is 17.3 Å². The first-order chi connectivity index (χ1) is 7.99. The summed E-state index contributed by atoms with van der Waals surface area (Å²) in [5.74, 6) is -0.0901. The Morgan fingerprint density at radius 1 is 1.47 bits per heavy atom. The van der Waals surface area contributed by atoms with Gasteiger partial charge in [-0.05, 0) is 38.3 Å². The molecule has 90 valence electrons. The number of carbonyl (C=O) groups excluding carboxylic acids is 1. The summed E-state index contributed by atoms with van der Waals surface area (Å²) in [6, 6.07) is 0.330. The van der Waals surface area contributed by atoms with E-state index in [1.165, 1.54) is 11.8 Å². The molecule has 1 amide bonds. The quantitative estimate of drug-likeness (QED) is 0.671. The summed E-state index contributed by atoms with van der Waals surface area (Å²) in [4.78, 5) is 12.4. The van der Waals surface area contributed by atoms with Crippen molar-refractivity contribution in [2.75, 3.05) is 0 Å². The molecular weight excluding hydrogens is 234 g/mol. The van der Waals surface area contributed by atoms with E-state index < -0.39 is 0 Å². The van der Waals surface area contributed by atoms with Crippen molar-refractivity contribution >= 4 is 28.4 Å². The second-order valence-electron chi connectivity index (χ2n) is 4.35. The Kier molecular flexibility index (Phi) is 3.19. The lowest BCUT2D eigenvalue weighted by atomic mass is 10.1. The molecule has 1 aliphatic heterocycles. The first-order valence-corrected chi connectivity index (χ1v) is 6.36. The number of nitrogens with one attached hydrogen (secondary N) is 3. The summed E-state index contributed by atoms with van der Waals surface area (Å²) in [5.41, 5.74) is 1.89. The Bertz CT molecular complexity index is 472. The molecule has 17 heavy (non-hydrogen) atoms. The van der Waals surface area contributed by atoms with Gasteiger partial charge in [-0.1, -0.05) is 11.8 Å². The highest BCUT2D eigenvalue weighted by molar-refractivity contribution is 8.18. The molecule has 5 heteroatoms. The van der Waals surface area contributed by atoms with Crippen LogP contribution in [-0.4, -0.2) is 22.7 Å². The van der Waals surface area contributed by atoms with Crippen LogP contribution < -0.4 is 5.32 Å². The van der Waals surface area contributed by atoms with E-state index in [0.717, 1.165) is 18.4 Å². The molecule has 0 spiro atoms. The van der Waals surface area contributed by atoms with Crippen LogP contribution in [-0.2, 0) is 4.79 Å². The van der Waals surface area contributed by atoms with Gasteiger partial charge in [0.15, 0.2) is 0 Å². The van der Waals surface area contributed by atoms with E-state index in [1.54, 1.807) is 13.0 Å². The van der Waals surface area contributed by atoms with Crippen molar-refractivity contribution in [2.45, 2.75) is 32.7 Å². The Labute approximate surface area is 105 Å². The molecule has 0 radical (unpaired) electrons. The van der Waals surface area contributed by atoms with Crippen molar-refractivity contribution in [3.05, 3.63) is 22.1 Å². The minimum atomic E-state index is -0.0901. The van der Waals surface area contributed by atoms with Gasteiger partial charge in [0.2, 0.25) is 0 Å². The topological polar surface area (TPSA) is 76.8 Å². The highest BCUT2D eigenvalue weighted by Gasteiger charge is 2.28. The SMILES string of the molecule is CC(=N)/C(C)=C1/C=C(C(=O)NC2CC2)SC1=N. The van der Waals surface area contributed by atoms with Gasteiger partial charge in [-0.15, -0.1) is 0 Å². The second kappa shape index (κ2) is 4.49. The maximum atomic E-state index is 11.8. The number of rotatable bonds is 3. The van der Waals surface area contributed by atoms with Gasteiger partial charge in [-0.2, -0.15) is 0 Å². The number of amides is 1. The first kappa shape index (κ1) is 12.1. The standard InChI is InChI=1S/C12H15N3OS/c1-6(7(2)13)9-5-10(17-11(9)14)12(16)15-8-3-4-8/h5,8,13-14H,3-4H2,1-2H3,(H,15,16)/b9-6-,13-7?,14-11?. The van der Waals surface area contributed by atoms with Gasteiger partial charge in [0.05, 0.1) is 9.95 Å². The molecule has 2 aliphatic rings. The lowest BCUT2D eigenvalue weighted by Gasteiger charge is -2.01. The van der Waals surface area contributed by atoms with Crippen LogP contribution in [0.3, 0.4) is 0 Å². The van der Waals surface area contributed by atoms with Crippen LogP contribution in [0.2, 0.25) is 0 Å². The Balaban J connectivity index is 2.18. The molecule has 1 heterocycles. The van der Waals surface area contributed by atoms with Crippen LogP contribution in [0, 0.1) is 10.8 Å². The average molecular weight is 249 g/mol. The van der Waals surface area contributed by atoms with Gasteiger partial charge in [-0.25, -0.2) is 0 Å². The fourth-order valence-corrected chi connectivity index (χ4v) is 2.34. The maximum absolute atomic E-state index is 11.8. The average Bonchev–Trinajstić information content (AvgIpc) is 2.98. The van der Waals surface area contributed by atoms with E-state index in [9.17, 15) is 4.79 Å². The molecule has 0 unspecified atom stereocenters. The predicted molar refractivity (Wildman–Crippen MR) is 70.7 cm³/mol. The van der Waals surface area contributed by atoms with Gasteiger partial charge < -0.3 is 10.7 Å². The van der Waals surface area contributed by atoms with Crippen molar-refractivity contribution in [3.8, 4) is 0 Å². The summed E-state index contributed by atoms with van der Waals surface area (Å²) in [5, 5.41) is 18.6. The smallest absolute Gasteiger partial charge is 0.258 e. The second-order valence-corrected chi connectivity index (χ2v) is 5.40. The minimum Gasteiger partial charge on any atom is -0.349 e. The fraction of sp³-hybridized carbons (Fsp3) is 0.417. The molecule has 1 fully saturated rings. The molecule has 2 rings (SSSR count). The summed E-state index contributed by atoms with van der Waals surface area (Å²) in [6.45, 7) is 3.50. The third kappa shape index (κ3) is 2.66. The maximum Gasteiger partial charge on any atom is 0.258 e. The number of hydrogen-bond acceptors (Lipinski definition) is 4. The molecule has 0 aromatic carbocycles. The van der Waals surface area contributed by atoms with Crippen molar-refractivity contribution in [3.63, 3.8) is 0 Å². The predicted octanol–water partition coefficient (Wildman–Crippen LogP) is 2.23. The third-order valence-electron chi connectivity index (χ3n) is 2.83. The monoisotopic (exact) mass is 249 g/mol. The zero-order chi connectivity index (χ0) is 12.6. The van der Waals surface area contributed by atoms with Crippen molar-refractivity contribution in [2.24, 2.45) is 0 Å². The molecule has 3 N–H and O–H groups in total. The Morgan fingerprint density at radius 2 is 2.12 bits per heavy atom. The molecule has 1 saturated carbocycles. The molecular formula is C12H15N3OS. The highest BCUT2D eigenvalue weighted by atomic mass is 32.2. The molecule has 0 aromatic heterocycles. The van der Waals surface area contributed by atoms with Crippen LogP contribution >= 0.6 is 11.8 Å². The number of hydrogen-bond donors (Lipinski definition) is 3. The molecule has 4 nitrogen and oxygen atoms in total. The van der Waals surface area contributed by atoms with Crippen molar-refractivity contribution in [1.29, 1.82) is 10.8 Å². The van der Waals surface area contributed by atoms with Crippen LogP contribution in [0.4, 0.5) is 0 Å². The number of thioether (sulfide) groups is 1. The van der Waals surface area contributed by atoms with E-state index >= 15 is 0 Å². The van der Waals surface area contributed by atoms with Crippen LogP contribution in [0.15, 0.2) is 22.1 Å². The normalized spacial score (nSPS) is 22.2. The van der Waals surface area contributed by atoms with E-state index in [0.29, 0.717) is 27.3 Å². The van der Waals surface area contributed by atoms with Gasteiger partial charge in [-0.3, -0.25) is 10.2 Å². The zero-order valence-electron chi connectivity index (χ0n) is 9.89. The van der Waals surface area contributed by atoms with Gasteiger partial charge in [0.1, 0.15) is 0 Å². The first-order valence-electron chi connectivity index (χ1n) is 5.54.